The lowest BCUT2D eigenvalue weighted by Gasteiger charge is -2.26. The van der Waals surface area contributed by atoms with Gasteiger partial charge in [-0.2, -0.15) is 0 Å². The SMILES string of the molecule is COc1ccc(C(=O)N(Cc2ccc3c(c2)OCO3)Cc2cc3c(OC)ccc(OC)c3nc2N(C)C)cc1. The maximum atomic E-state index is 13.9. The summed E-state index contributed by atoms with van der Waals surface area (Å²) in [5.74, 6) is 3.97. The lowest BCUT2D eigenvalue weighted by Crippen LogP contribution is -2.31. The topological polar surface area (TPSA) is 82.6 Å². The van der Waals surface area contributed by atoms with Crippen LogP contribution in [0, 0.1) is 0 Å². The highest BCUT2D eigenvalue weighted by atomic mass is 16.7. The normalized spacial score (nSPS) is 11.8. The number of amides is 1. The maximum Gasteiger partial charge on any atom is 0.254 e. The molecule has 9 nitrogen and oxygen atoms in total. The van der Waals surface area contributed by atoms with Crippen LogP contribution in [0.3, 0.4) is 0 Å². The lowest BCUT2D eigenvalue weighted by molar-refractivity contribution is 0.0730. The number of hydrogen-bond donors (Lipinski definition) is 0. The molecule has 0 saturated heterocycles. The smallest absolute Gasteiger partial charge is 0.254 e. The van der Waals surface area contributed by atoms with Crippen LogP contribution in [0.25, 0.3) is 10.9 Å². The summed E-state index contributed by atoms with van der Waals surface area (Å²) < 4.78 is 27.5. The van der Waals surface area contributed by atoms with Gasteiger partial charge in [-0.1, -0.05) is 6.07 Å². The van der Waals surface area contributed by atoms with Gasteiger partial charge in [0.25, 0.3) is 5.91 Å². The summed E-state index contributed by atoms with van der Waals surface area (Å²) in [6.07, 6.45) is 0. The third-order valence-electron chi connectivity index (χ3n) is 6.62. The third kappa shape index (κ3) is 5.20. The molecule has 1 aliphatic heterocycles. The van der Waals surface area contributed by atoms with Crippen LogP contribution in [-0.2, 0) is 13.1 Å². The van der Waals surface area contributed by atoms with E-state index in [1.165, 1.54) is 0 Å². The van der Waals surface area contributed by atoms with Crippen LogP contribution < -0.4 is 28.6 Å². The number of benzene rings is 3. The molecule has 0 bridgehead atoms. The number of pyridine rings is 1. The van der Waals surface area contributed by atoms with E-state index >= 15 is 0 Å². The first-order valence-electron chi connectivity index (χ1n) is 12.5. The Kier molecular flexibility index (Phi) is 7.31. The Hall–Kier alpha value is -4.66. The molecule has 9 heteroatoms. The monoisotopic (exact) mass is 529 g/mol. The molecule has 1 amide bonds. The van der Waals surface area contributed by atoms with Gasteiger partial charge in [-0.05, 0) is 60.2 Å². The fourth-order valence-corrected chi connectivity index (χ4v) is 4.67. The third-order valence-corrected chi connectivity index (χ3v) is 6.62. The zero-order valence-electron chi connectivity index (χ0n) is 22.7. The van der Waals surface area contributed by atoms with Crippen molar-refractivity contribution in [3.8, 4) is 28.7 Å². The number of carbonyl (C=O) groups excluding carboxylic acids is 1. The molecule has 5 rings (SSSR count). The Labute approximate surface area is 227 Å². The highest BCUT2D eigenvalue weighted by Crippen LogP contribution is 2.36. The summed E-state index contributed by atoms with van der Waals surface area (Å²) in [4.78, 5) is 22.6. The Bertz CT molecular complexity index is 1500. The average Bonchev–Trinajstić information content (AvgIpc) is 3.43. The number of fused-ring (bicyclic) bond motifs is 2. The molecule has 1 aromatic heterocycles. The van der Waals surface area contributed by atoms with Gasteiger partial charge in [-0.3, -0.25) is 4.79 Å². The van der Waals surface area contributed by atoms with Crippen LogP contribution in [0.1, 0.15) is 21.5 Å². The predicted molar refractivity (Wildman–Crippen MR) is 148 cm³/mol. The summed E-state index contributed by atoms with van der Waals surface area (Å²) in [6, 6.07) is 18.6. The molecule has 4 aromatic rings. The summed E-state index contributed by atoms with van der Waals surface area (Å²) in [5, 5.41) is 0.803. The van der Waals surface area contributed by atoms with Crippen molar-refractivity contribution >= 4 is 22.6 Å². The molecule has 3 aromatic carbocycles. The average molecular weight is 530 g/mol. The number of anilines is 1. The van der Waals surface area contributed by atoms with Gasteiger partial charge in [0.05, 0.1) is 21.3 Å². The first-order valence-corrected chi connectivity index (χ1v) is 12.5. The van der Waals surface area contributed by atoms with Crippen molar-refractivity contribution in [1.29, 1.82) is 0 Å². The van der Waals surface area contributed by atoms with Gasteiger partial charge in [0.1, 0.15) is 28.6 Å². The van der Waals surface area contributed by atoms with E-state index in [0.717, 1.165) is 22.3 Å². The van der Waals surface area contributed by atoms with Crippen LogP contribution in [0.4, 0.5) is 5.82 Å². The molecule has 0 radical (unpaired) electrons. The van der Waals surface area contributed by atoms with E-state index in [1.807, 2.05) is 55.4 Å². The van der Waals surface area contributed by atoms with Gasteiger partial charge in [-0.25, -0.2) is 4.98 Å². The van der Waals surface area contributed by atoms with E-state index in [-0.39, 0.29) is 12.7 Å². The van der Waals surface area contributed by atoms with Gasteiger partial charge in [0, 0.05) is 43.7 Å². The summed E-state index contributed by atoms with van der Waals surface area (Å²) >= 11 is 0. The van der Waals surface area contributed by atoms with Gasteiger partial charge in [0.2, 0.25) is 6.79 Å². The minimum Gasteiger partial charge on any atom is -0.497 e. The van der Waals surface area contributed by atoms with Crippen molar-refractivity contribution in [3.63, 3.8) is 0 Å². The second kappa shape index (κ2) is 11.0. The fraction of sp³-hybridized carbons (Fsp3) is 0.267. The molecule has 202 valence electrons. The molecule has 39 heavy (non-hydrogen) atoms. The van der Waals surface area contributed by atoms with E-state index in [0.29, 0.717) is 52.9 Å². The van der Waals surface area contributed by atoms with E-state index in [2.05, 4.69) is 0 Å². The van der Waals surface area contributed by atoms with E-state index < -0.39 is 0 Å². The predicted octanol–water partition coefficient (Wildman–Crippen LogP) is 4.90. The maximum absolute atomic E-state index is 13.9. The van der Waals surface area contributed by atoms with Gasteiger partial charge in [-0.15, -0.1) is 0 Å². The molecular formula is C30H31N3O6. The highest BCUT2D eigenvalue weighted by Gasteiger charge is 2.23. The number of carbonyl (C=O) groups is 1. The van der Waals surface area contributed by atoms with Crippen LogP contribution >= 0.6 is 0 Å². The Morgan fingerprint density at radius 1 is 0.846 bits per heavy atom. The van der Waals surface area contributed by atoms with Crippen molar-refractivity contribution in [2.75, 3.05) is 47.1 Å². The molecule has 1 aliphatic rings. The van der Waals surface area contributed by atoms with E-state index in [4.69, 9.17) is 28.7 Å². The molecule has 0 fully saturated rings. The Balaban J connectivity index is 1.58. The largest absolute Gasteiger partial charge is 0.497 e. The standard InChI is InChI=1S/C30H31N3O6/c1-32(2)29-21(15-23-24(36-4)12-13-26(37-5)28(23)31-29)17-33(30(34)20-7-9-22(35-3)10-8-20)16-19-6-11-25-27(14-19)39-18-38-25/h6-15H,16-18H2,1-5H3. The second-order valence-electron chi connectivity index (χ2n) is 9.31. The molecular weight excluding hydrogens is 498 g/mol. The lowest BCUT2D eigenvalue weighted by atomic mass is 10.1. The summed E-state index contributed by atoms with van der Waals surface area (Å²) in [5.41, 5.74) is 3.02. The molecule has 0 saturated carbocycles. The van der Waals surface area contributed by atoms with Crippen molar-refractivity contribution in [1.82, 2.24) is 9.88 Å². The van der Waals surface area contributed by atoms with Crippen molar-refractivity contribution in [2.45, 2.75) is 13.1 Å². The summed E-state index contributed by atoms with van der Waals surface area (Å²) in [7, 11) is 8.70. The zero-order valence-corrected chi connectivity index (χ0v) is 22.7. The first-order chi connectivity index (χ1) is 18.9. The minimum absolute atomic E-state index is 0.127. The highest BCUT2D eigenvalue weighted by molar-refractivity contribution is 5.95. The molecule has 0 aliphatic carbocycles. The second-order valence-corrected chi connectivity index (χ2v) is 9.31. The zero-order chi connectivity index (χ0) is 27.5. The van der Waals surface area contributed by atoms with Crippen LogP contribution in [-0.4, -0.2) is 58.0 Å². The van der Waals surface area contributed by atoms with Gasteiger partial charge >= 0.3 is 0 Å². The Morgan fingerprint density at radius 2 is 1.56 bits per heavy atom. The number of hydrogen-bond acceptors (Lipinski definition) is 8. The first kappa shape index (κ1) is 26.0. The molecule has 0 N–H and O–H groups in total. The number of aromatic nitrogens is 1. The van der Waals surface area contributed by atoms with E-state index in [9.17, 15) is 4.79 Å². The van der Waals surface area contributed by atoms with Crippen LogP contribution in [0.2, 0.25) is 0 Å². The quantitative estimate of drug-likeness (QED) is 0.303. The van der Waals surface area contributed by atoms with Crippen LogP contribution in [0.5, 0.6) is 28.7 Å². The molecule has 2 heterocycles. The van der Waals surface area contributed by atoms with Crippen molar-refractivity contribution in [2.24, 2.45) is 0 Å². The molecule has 0 unspecified atom stereocenters. The summed E-state index contributed by atoms with van der Waals surface area (Å²) in [6.45, 7) is 0.839. The van der Waals surface area contributed by atoms with Crippen LogP contribution in [0.15, 0.2) is 60.7 Å². The number of ether oxygens (including phenoxy) is 5. The van der Waals surface area contributed by atoms with Gasteiger partial charge < -0.3 is 33.5 Å². The fourth-order valence-electron chi connectivity index (χ4n) is 4.67. The number of nitrogens with zero attached hydrogens (tertiary/aromatic N) is 3. The minimum atomic E-state index is -0.127. The number of rotatable bonds is 9. The van der Waals surface area contributed by atoms with Crippen molar-refractivity contribution in [3.05, 3.63) is 77.4 Å². The molecule has 0 spiro atoms. The van der Waals surface area contributed by atoms with Crippen molar-refractivity contribution < 1.29 is 28.5 Å². The van der Waals surface area contributed by atoms with E-state index in [1.54, 1.807) is 50.5 Å². The molecule has 0 atom stereocenters. The number of methoxy groups -OCH3 is 3. The Morgan fingerprint density at radius 3 is 2.26 bits per heavy atom. The van der Waals surface area contributed by atoms with Gasteiger partial charge in [0.15, 0.2) is 11.5 Å².